The van der Waals surface area contributed by atoms with Crippen molar-refractivity contribution in [2.24, 2.45) is 0 Å². The van der Waals surface area contributed by atoms with Crippen LogP contribution in [0.1, 0.15) is 12.5 Å². The average molecular weight is 255 g/mol. The minimum atomic E-state index is -0.713. The monoisotopic (exact) mass is 254 g/mol. The van der Waals surface area contributed by atoms with E-state index in [2.05, 4.69) is 10.6 Å². The molecule has 0 spiro atoms. The fraction of sp³-hybridized carbons (Fsp3) is 0.333. The molecule has 0 bridgehead atoms. The van der Waals surface area contributed by atoms with Gasteiger partial charge in [-0.05, 0) is 18.9 Å². The highest BCUT2D eigenvalue weighted by Crippen LogP contribution is 1.98. The molecule has 1 unspecified atom stereocenters. The first kappa shape index (κ1) is 13.5. The summed E-state index contributed by atoms with van der Waals surface area (Å²) in [4.78, 5) is 22.3. The molecular formula is C12H15ClN2O2. The van der Waals surface area contributed by atoms with E-state index in [1.165, 1.54) is 6.92 Å². The fourth-order valence-corrected chi connectivity index (χ4v) is 1.28. The molecule has 17 heavy (non-hydrogen) atoms. The maximum absolute atomic E-state index is 11.2. The van der Waals surface area contributed by atoms with Gasteiger partial charge in [0.2, 0.25) is 5.91 Å². The van der Waals surface area contributed by atoms with Crippen LogP contribution in [0.4, 0.5) is 4.79 Å². The van der Waals surface area contributed by atoms with Crippen LogP contribution in [-0.4, -0.2) is 23.9 Å². The van der Waals surface area contributed by atoms with E-state index in [1.54, 1.807) is 0 Å². The van der Waals surface area contributed by atoms with Gasteiger partial charge in [-0.1, -0.05) is 30.3 Å². The Morgan fingerprint density at radius 3 is 2.53 bits per heavy atom. The summed E-state index contributed by atoms with van der Waals surface area (Å²) in [6.07, 6.45) is 0.721. The third-order valence-corrected chi connectivity index (χ3v) is 2.34. The molecule has 4 nitrogen and oxygen atoms in total. The van der Waals surface area contributed by atoms with Crippen LogP contribution < -0.4 is 10.6 Å². The Kier molecular flexibility index (Phi) is 5.49. The quantitative estimate of drug-likeness (QED) is 0.804. The maximum atomic E-state index is 11.2. The third kappa shape index (κ3) is 5.36. The van der Waals surface area contributed by atoms with Crippen LogP contribution in [0.15, 0.2) is 30.3 Å². The van der Waals surface area contributed by atoms with Crippen LogP contribution in [0.25, 0.3) is 0 Å². The lowest BCUT2D eigenvalue weighted by atomic mass is 10.1. The highest BCUT2D eigenvalue weighted by atomic mass is 35.5. The molecule has 0 radical (unpaired) electrons. The van der Waals surface area contributed by atoms with Gasteiger partial charge in [0.25, 0.3) is 0 Å². The second-order valence-electron chi connectivity index (χ2n) is 3.60. The lowest BCUT2D eigenvalue weighted by Gasteiger charge is -2.07. The Labute approximate surface area is 105 Å². The molecule has 3 amide bonds. The van der Waals surface area contributed by atoms with Crippen LogP contribution >= 0.6 is 11.6 Å². The van der Waals surface area contributed by atoms with E-state index in [0.717, 1.165) is 12.0 Å². The standard InChI is InChI=1S/C12H15ClN2O2/c1-9(13)11(16)15-12(17)14-8-7-10-5-3-2-4-6-10/h2-6,9H,7-8H2,1H3,(H2,14,15,16,17). The number of halogens is 1. The number of hydrogen-bond donors (Lipinski definition) is 2. The molecule has 5 heteroatoms. The van der Waals surface area contributed by atoms with Crippen LogP contribution in [0.2, 0.25) is 0 Å². The number of carbonyl (C=O) groups excluding carboxylic acids is 2. The van der Waals surface area contributed by atoms with Crippen molar-refractivity contribution in [3.8, 4) is 0 Å². The predicted octanol–water partition coefficient (Wildman–Crippen LogP) is 1.68. The number of rotatable bonds is 4. The second kappa shape index (κ2) is 6.91. The SMILES string of the molecule is CC(Cl)C(=O)NC(=O)NCCc1ccccc1. The van der Waals surface area contributed by atoms with E-state index in [0.29, 0.717) is 6.54 Å². The summed E-state index contributed by atoms with van der Waals surface area (Å²) in [5, 5.41) is 4.02. The molecule has 92 valence electrons. The Hall–Kier alpha value is -1.55. The van der Waals surface area contributed by atoms with Gasteiger partial charge in [0.15, 0.2) is 0 Å². The molecule has 0 fully saturated rings. The van der Waals surface area contributed by atoms with Gasteiger partial charge >= 0.3 is 6.03 Å². The normalized spacial score (nSPS) is 11.6. The first-order valence-corrected chi connectivity index (χ1v) is 5.80. The average Bonchev–Trinajstić information content (AvgIpc) is 2.30. The fourth-order valence-electron chi connectivity index (χ4n) is 1.22. The number of imide groups is 1. The van der Waals surface area contributed by atoms with E-state index in [4.69, 9.17) is 11.6 Å². The highest BCUT2D eigenvalue weighted by molar-refractivity contribution is 6.31. The summed E-state index contributed by atoms with van der Waals surface area (Å²) in [7, 11) is 0. The van der Waals surface area contributed by atoms with E-state index in [-0.39, 0.29) is 0 Å². The first-order chi connectivity index (χ1) is 8.09. The minimum Gasteiger partial charge on any atom is -0.337 e. The molecule has 0 saturated heterocycles. The topological polar surface area (TPSA) is 58.2 Å². The Morgan fingerprint density at radius 2 is 1.94 bits per heavy atom. The molecule has 0 heterocycles. The molecule has 0 aromatic heterocycles. The van der Waals surface area contributed by atoms with E-state index < -0.39 is 17.3 Å². The van der Waals surface area contributed by atoms with Crippen LogP contribution in [0, 0.1) is 0 Å². The largest absolute Gasteiger partial charge is 0.337 e. The predicted molar refractivity (Wildman–Crippen MR) is 67.0 cm³/mol. The van der Waals surface area contributed by atoms with Gasteiger partial charge in [0.1, 0.15) is 5.38 Å². The summed E-state index contributed by atoms with van der Waals surface area (Å²) in [5.74, 6) is -0.496. The van der Waals surface area contributed by atoms with Crippen LogP contribution in [-0.2, 0) is 11.2 Å². The molecule has 1 rings (SSSR count). The van der Waals surface area contributed by atoms with Gasteiger partial charge in [0.05, 0.1) is 0 Å². The second-order valence-corrected chi connectivity index (χ2v) is 4.25. The summed E-state index contributed by atoms with van der Waals surface area (Å²) in [6.45, 7) is 1.98. The molecule has 2 N–H and O–H groups in total. The summed E-state index contributed by atoms with van der Waals surface area (Å²) in [6, 6.07) is 9.25. The third-order valence-electron chi connectivity index (χ3n) is 2.14. The van der Waals surface area contributed by atoms with Crippen molar-refractivity contribution in [3.63, 3.8) is 0 Å². The van der Waals surface area contributed by atoms with E-state index >= 15 is 0 Å². The number of benzene rings is 1. The molecule has 1 aromatic carbocycles. The molecule has 1 aromatic rings. The van der Waals surface area contributed by atoms with Gasteiger partial charge < -0.3 is 5.32 Å². The van der Waals surface area contributed by atoms with E-state index in [9.17, 15) is 9.59 Å². The van der Waals surface area contributed by atoms with Gasteiger partial charge in [-0.15, -0.1) is 11.6 Å². The summed E-state index contributed by atoms with van der Waals surface area (Å²) in [5.41, 5.74) is 1.13. The van der Waals surface area contributed by atoms with Gasteiger partial charge in [-0.3, -0.25) is 10.1 Å². The zero-order valence-corrected chi connectivity index (χ0v) is 10.3. The van der Waals surface area contributed by atoms with Crippen molar-refractivity contribution < 1.29 is 9.59 Å². The number of nitrogens with one attached hydrogen (secondary N) is 2. The van der Waals surface area contributed by atoms with Gasteiger partial charge in [0, 0.05) is 6.54 Å². The van der Waals surface area contributed by atoms with Crippen molar-refractivity contribution in [1.29, 1.82) is 0 Å². The van der Waals surface area contributed by atoms with Crippen molar-refractivity contribution in [1.82, 2.24) is 10.6 Å². The lowest BCUT2D eigenvalue weighted by molar-refractivity contribution is -0.119. The zero-order chi connectivity index (χ0) is 12.7. The lowest BCUT2D eigenvalue weighted by Crippen LogP contribution is -2.42. The van der Waals surface area contributed by atoms with Gasteiger partial charge in [-0.25, -0.2) is 4.79 Å². The Bertz CT molecular complexity index is 379. The maximum Gasteiger partial charge on any atom is 0.321 e. The number of hydrogen-bond acceptors (Lipinski definition) is 2. The number of urea groups is 1. The smallest absolute Gasteiger partial charge is 0.321 e. The van der Waals surface area contributed by atoms with Crippen LogP contribution in [0.3, 0.4) is 0 Å². The Morgan fingerprint density at radius 1 is 1.29 bits per heavy atom. The molecule has 0 aliphatic carbocycles. The molecule has 0 aliphatic heterocycles. The number of amides is 3. The Balaban J connectivity index is 2.23. The zero-order valence-electron chi connectivity index (χ0n) is 9.57. The van der Waals surface area contributed by atoms with Crippen molar-refractivity contribution in [2.45, 2.75) is 18.7 Å². The van der Waals surface area contributed by atoms with Crippen molar-refractivity contribution in [3.05, 3.63) is 35.9 Å². The number of alkyl halides is 1. The molecule has 0 saturated carbocycles. The van der Waals surface area contributed by atoms with Gasteiger partial charge in [-0.2, -0.15) is 0 Å². The summed E-state index contributed by atoms with van der Waals surface area (Å²) < 4.78 is 0. The number of carbonyl (C=O) groups is 2. The molecule has 1 atom stereocenters. The first-order valence-electron chi connectivity index (χ1n) is 5.36. The van der Waals surface area contributed by atoms with Crippen LogP contribution in [0.5, 0.6) is 0 Å². The summed E-state index contributed by atoms with van der Waals surface area (Å²) >= 11 is 5.51. The van der Waals surface area contributed by atoms with Crippen molar-refractivity contribution in [2.75, 3.05) is 6.54 Å². The highest BCUT2D eigenvalue weighted by Gasteiger charge is 2.11. The molecular weight excluding hydrogens is 240 g/mol. The van der Waals surface area contributed by atoms with E-state index in [1.807, 2.05) is 30.3 Å². The minimum absolute atomic E-state index is 0.472. The van der Waals surface area contributed by atoms with Crippen molar-refractivity contribution >= 4 is 23.5 Å². The molecule has 0 aliphatic rings.